The standard InChI is InChI=1S/C44H48ClFN10O4S/c45-33-25-37(42(46)39(26-33)51-61(59,60)55-17-1-2-18-55)38-29-56(50-43(38)32-11-15-47-16-12-32)35-7-9-40(48-27-35)54-23-21-52(22-24-54)28-30-13-19-53(20-14-30)34-5-3-31(4-6-34)36-8-10-41(57)49-44(36)58/h3-7,9,11-12,15-16,25-27,29-30,36,51H,1-2,8,10,13-14,17-24,28H2,(H,49,57,58)/t36-/m1/s1. The number of piperazine rings is 1. The topological polar surface area (TPSA) is 149 Å². The molecular formula is C44H48ClFN10O4S. The average Bonchev–Trinajstić information content (AvgIpc) is 3.99. The van der Waals surface area contributed by atoms with E-state index < -0.39 is 16.0 Å². The first kappa shape index (κ1) is 41.0. The quantitative estimate of drug-likeness (QED) is 0.149. The van der Waals surface area contributed by atoms with Crippen molar-refractivity contribution < 1.29 is 22.4 Å². The van der Waals surface area contributed by atoms with Crippen molar-refractivity contribution in [3.8, 4) is 28.1 Å². The molecule has 4 aliphatic heterocycles. The monoisotopic (exact) mass is 866 g/mol. The highest BCUT2D eigenvalue weighted by molar-refractivity contribution is 7.90. The van der Waals surface area contributed by atoms with E-state index in [1.807, 2.05) is 24.3 Å². The molecule has 2 N–H and O–H groups in total. The summed E-state index contributed by atoms with van der Waals surface area (Å²) < 4.78 is 47.9. The highest BCUT2D eigenvalue weighted by Gasteiger charge is 2.30. The number of aromatic nitrogens is 4. The number of carbonyl (C=O) groups excluding carboxylic acids is 2. The van der Waals surface area contributed by atoms with Gasteiger partial charge >= 0.3 is 10.2 Å². The van der Waals surface area contributed by atoms with Gasteiger partial charge in [0.05, 0.1) is 23.5 Å². The Hall–Kier alpha value is -5.42. The second-order valence-corrected chi connectivity index (χ2v) is 18.4. The normalized spacial score (nSPS) is 19.7. The molecule has 61 heavy (non-hydrogen) atoms. The minimum Gasteiger partial charge on any atom is -0.372 e. The zero-order chi connectivity index (χ0) is 42.1. The summed E-state index contributed by atoms with van der Waals surface area (Å²) in [6.45, 7) is 7.44. The van der Waals surface area contributed by atoms with E-state index in [2.05, 4.69) is 41.9 Å². The van der Waals surface area contributed by atoms with Crippen LogP contribution in [0.4, 0.5) is 21.6 Å². The Balaban J connectivity index is 0.824. The fraction of sp³-hybridized carbons (Fsp3) is 0.386. The first-order valence-electron chi connectivity index (χ1n) is 21.0. The molecule has 0 radical (unpaired) electrons. The number of benzene rings is 2. The van der Waals surface area contributed by atoms with Gasteiger partial charge in [0.25, 0.3) is 0 Å². The predicted molar refractivity (Wildman–Crippen MR) is 234 cm³/mol. The van der Waals surface area contributed by atoms with Gasteiger partial charge in [-0.1, -0.05) is 23.7 Å². The summed E-state index contributed by atoms with van der Waals surface area (Å²) in [7, 11) is -3.97. The number of hydrogen-bond donors (Lipinski definition) is 2. The first-order chi connectivity index (χ1) is 29.6. The number of anilines is 3. The van der Waals surface area contributed by atoms with Crippen LogP contribution in [-0.4, -0.2) is 108 Å². The predicted octanol–water partition coefficient (Wildman–Crippen LogP) is 6.10. The van der Waals surface area contributed by atoms with Crippen LogP contribution < -0.4 is 19.8 Å². The Morgan fingerprint density at radius 3 is 2.23 bits per heavy atom. The van der Waals surface area contributed by atoms with Gasteiger partial charge in [0.1, 0.15) is 11.5 Å². The van der Waals surface area contributed by atoms with Gasteiger partial charge in [0, 0.05) is 111 Å². The second-order valence-electron chi connectivity index (χ2n) is 16.3. The fourth-order valence-corrected chi connectivity index (χ4v) is 10.5. The van der Waals surface area contributed by atoms with Crippen molar-refractivity contribution in [1.29, 1.82) is 0 Å². The Labute approximate surface area is 359 Å². The van der Waals surface area contributed by atoms with Gasteiger partial charge in [-0.05, 0) is 92.1 Å². The van der Waals surface area contributed by atoms with Gasteiger partial charge in [0.15, 0.2) is 5.82 Å². The van der Waals surface area contributed by atoms with E-state index in [0.717, 1.165) is 82.9 Å². The molecule has 17 heteroatoms. The van der Waals surface area contributed by atoms with Crippen LogP contribution in [0.1, 0.15) is 50.0 Å². The van der Waals surface area contributed by atoms with Crippen LogP contribution in [-0.2, 0) is 19.8 Å². The molecule has 0 saturated carbocycles. The van der Waals surface area contributed by atoms with Gasteiger partial charge in [-0.15, -0.1) is 0 Å². The molecule has 2 amide bonds. The molecule has 7 heterocycles. The largest absolute Gasteiger partial charge is 0.372 e. The van der Waals surface area contributed by atoms with Gasteiger partial charge in [-0.25, -0.2) is 14.1 Å². The molecule has 0 unspecified atom stereocenters. The van der Waals surface area contributed by atoms with Gasteiger partial charge in [0.2, 0.25) is 11.8 Å². The molecule has 3 aromatic heterocycles. The molecular weight excluding hydrogens is 819 g/mol. The fourth-order valence-electron chi connectivity index (χ4n) is 8.95. The van der Waals surface area contributed by atoms with Crippen molar-refractivity contribution in [2.75, 3.05) is 73.4 Å². The second kappa shape index (κ2) is 17.5. The number of nitrogens with one attached hydrogen (secondary N) is 2. The molecule has 4 fully saturated rings. The molecule has 318 valence electrons. The van der Waals surface area contributed by atoms with Crippen molar-refractivity contribution >= 4 is 50.8 Å². The smallest absolute Gasteiger partial charge is 0.301 e. The van der Waals surface area contributed by atoms with E-state index >= 15 is 4.39 Å². The Morgan fingerprint density at radius 1 is 0.820 bits per heavy atom. The summed E-state index contributed by atoms with van der Waals surface area (Å²) in [5, 5.41) is 7.50. The number of piperidine rings is 2. The van der Waals surface area contributed by atoms with E-state index in [1.165, 1.54) is 22.1 Å². The van der Waals surface area contributed by atoms with E-state index in [-0.39, 0.29) is 34.0 Å². The van der Waals surface area contributed by atoms with Crippen LogP contribution >= 0.6 is 11.6 Å². The molecule has 0 aliphatic carbocycles. The van der Waals surface area contributed by atoms with Crippen LogP contribution in [0.2, 0.25) is 5.02 Å². The zero-order valence-corrected chi connectivity index (χ0v) is 35.3. The summed E-state index contributed by atoms with van der Waals surface area (Å²) in [6, 6.07) is 18.5. The highest BCUT2D eigenvalue weighted by atomic mass is 35.5. The van der Waals surface area contributed by atoms with Crippen LogP contribution in [0.3, 0.4) is 0 Å². The van der Waals surface area contributed by atoms with Crippen molar-refractivity contribution in [2.45, 2.75) is 44.4 Å². The van der Waals surface area contributed by atoms with Crippen molar-refractivity contribution in [3.63, 3.8) is 0 Å². The number of pyridine rings is 2. The van der Waals surface area contributed by atoms with E-state index in [0.29, 0.717) is 54.4 Å². The van der Waals surface area contributed by atoms with Crippen LogP contribution in [0.15, 0.2) is 85.5 Å². The van der Waals surface area contributed by atoms with Crippen molar-refractivity contribution in [1.82, 2.24) is 34.3 Å². The first-order valence-corrected chi connectivity index (χ1v) is 22.8. The molecule has 0 spiro atoms. The lowest BCUT2D eigenvalue weighted by molar-refractivity contribution is -0.134. The SMILES string of the molecule is O=C1CC[C@H](c2ccc(N3CCC(CN4CCN(c5ccc(-n6cc(-c7cc(Cl)cc(NS(=O)(=O)N8CCCC8)c7F)c(-c7ccncc7)n6)cn5)CC4)CC3)cc2)C(=O)N1. The molecule has 0 bridgehead atoms. The Bertz CT molecular complexity index is 2490. The van der Waals surface area contributed by atoms with E-state index in [1.54, 1.807) is 41.6 Å². The van der Waals surface area contributed by atoms with Crippen LogP contribution in [0.5, 0.6) is 0 Å². The number of hydrogen-bond acceptors (Lipinski definition) is 10. The molecule has 4 aliphatic rings. The lowest BCUT2D eigenvalue weighted by atomic mass is 9.90. The molecule has 1 atom stereocenters. The average molecular weight is 867 g/mol. The molecule has 14 nitrogen and oxygen atoms in total. The number of nitrogens with zero attached hydrogens (tertiary/aromatic N) is 8. The maximum atomic E-state index is 16.3. The van der Waals surface area contributed by atoms with Crippen molar-refractivity contribution in [3.05, 3.63) is 102 Å². The van der Waals surface area contributed by atoms with E-state index in [4.69, 9.17) is 21.7 Å². The third-order valence-corrected chi connectivity index (χ3v) is 14.1. The lowest BCUT2D eigenvalue weighted by Crippen LogP contribution is -2.49. The highest BCUT2D eigenvalue weighted by Crippen LogP contribution is 2.38. The third kappa shape index (κ3) is 8.99. The Morgan fingerprint density at radius 2 is 1.54 bits per heavy atom. The number of rotatable bonds is 11. The molecule has 2 aromatic carbocycles. The minimum absolute atomic E-state index is 0.107. The van der Waals surface area contributed by atoms with Crippen LogP contribution in [0, 0.1) is 11.7 Å². The summed E-state index contributed by atoms with van der Waals surface area (Å²) in [5.41, 5.74) is 4.30. The maximum Gasteiger partial charge on any atom is 0.301 e. The molecule has 5 aromatic rings. The van der Waals surface area contributed by atoms with E-state index in [9.17, 15) is 18.0 Å². The van der Waals surface area contributed by atoms with Gasteiger partial charge < -0.3 is 9.80 Å². The van der Waals surface area contributed by atoms with Gasteiger partial charge in [-0.3, -0.25) is 29.5 Å². The number of carbonyl (C=O) groups is 2. The third-order valence-electron chi connectivity index (χ3n) is 12.4. The summed E-state index contributed by atoms with van der Waals surface area (Å²) in [6.07, 6.45) is 11.4. The molecule has 4 saturated heterocycles. The molecule has 9 rings (SSSR count). The maximum absolute atomic E-state index is 16.3. The number of halogens is 2. The minimum atomic E-state index is -3.97. The lowest BCUT2D eigenvalue weighted by Gasteiger charge is -2.39. The number of amides is 2. The number of imide groups is 1. The van der Waals surface area contributed by atoms with Crippen molar-refractivity contribution in [2.24, 2.45) is 5.92 Å². The summed E-state index contributed by atoms with van der Waals surface area (Å²) >= 11 is 6.50. The summed E-state index contributed by atoms with van der Waals surface area (Å²) in [5.74, 6) is 0.0908. The van der Waals surface area contributed by atoms with Gasteiger partial charge in [-0.2, -0.15) is 17.8 Å². The summed E-state index contributed by atoms with van der Waals surface area (Å²) in [4.78, 5) is 40.1. The van der Waals surface area contributed by atoms with Crippen LogP contribution in [0.25, 0.3) is 28.1 Å². The Kier molecular flexibility index (Phi) is 11.8. The zero-order valence-electron chi connectivity index (χ0n) is 33.7.